The summed E-state index contributed by atoms with van der Waals surface area (Å²) in [4.78, 5) is 47.1. The van der Waals surface area contributed by atoms with Gasteiger partial charge in [-0.05, 0) is 56.5 Å². The molecule has 1 aliphatic carbocycles. The molecule has 234 valence electrons. The number of para-hydroxylation sites is 2. The van der Waals surface area contributed by atoms with E-state index in [1.165, 1.54) is 32.1 Å². The molecule has 0 aliphatic heterocycles. The molecule has 0 saturated heterocycles. The molecular formula is C35H46N6O3. The number of rotatable bonds is 13. The van der Waals surface area contributed by atoms with Gasteiger partial charge in [0, 0.05) is 53.5 Å². The normalized spacial score (nSPS) is 15.6. The fourth-order valence-corrected chi connectivity index (χ4v) is 6.19. The molecule has 1 saturated carbocycles. The van der Waals surface area contributed by atoms with Gasteiger partial charge in [-0.2, -0.15) is 0 Å². The summed E-state index contributed by atoms with van der Waals surface area (Å²) in [5.41, 5.74) is 3.00. The van der Waals surface area contributed by atoms with Gasteiger partial charge in [-0.25, -0.2) is 0 Å². The van der Waals surface area contributed by atoms with Crippen molar-refractivity contribution in [2.45, 2.75) is 89.4 Å². The molecule has 9 heteroatoms. The van der Waals surface area contributed by atoms with Gasteiger partial charge in [0.1, 0.15) is 12.2 Å². The van der Waals surface area contributed by atoms with Crippen LogP contribution in [0.4, 0.5) is 0 Å². The fourth-order valence-electron chi connectivity index (χ4n) is 6.19. The maximum Gasteiger partial charge on any atom is 0.244 e. The van der Waals surface area contributed by atoms with Crippen molar-refractivity contribution in [1.82, 2.24) is 31.2 Å². The van der Waals surface area contributed by atoms with Crippen molar-refractivity contribution in [3.63, 3.8) is 0 Å². The minimum absolute atomic E-state index is 0.0748. The maximum atomic E-state index is 14.0. The Morgan fingerprint density at radius 2 is 1.41 bits per heavy atom. The number of aromatic nitrogens is 2. The Labute approximate surface area is 259 Å². The van der Waals surface area contributed by atoms with Gasteiger partial charge in [0.2, 0.25) is 17.7 Å². The fraction of sp³-hybridized carbons (Fsp3) is 0.457. The molecule has 0 radical (unpaired) electrons. The van der Waals surface area contributed by atoms with Gasteiger partial charge in [0.25, 0.3) is 0 Å². The molecule has 9 nitrogen and oxygen atoms in total. The summed E-state index contributed by atoms with van der Waals surface area (Å²) >= 11 is 0. The van der Waals surface area contributed by atoms with Crippen molar-refractivity contribution in [2.75, 3.05) is 7.05 Å². The summed E-state index contributed by atoms with van der Waals surface area (Å²) in [5.74, 6) is -0.130. The highest BCUT2D eigenvalue weighted by Crippen LogP contribution is 2.27. The van der Waals surface area contributed by atoms with Crippen molar-refractivity contribution in [3.05, 3.63) is 72.1 Å². The molecule has 44 heavy (non-hydrogen) atoms. The molecule has 2 aromatic carbocycles. The number of benzene rings is 2. The number of nitrogens with one attached hydrogen (secondary N) is 6. The van der Waals surface area contributed by atoms with Gasteiger partial charge < -0.3 is 31.2 Å². The van der Waals surface area contributed by atoms with Crippen LogP contribution >= 0.6 is 0 Å². The number of aromatic amines is 2. The van der Waals surface area contributed by atoms with Gasteiger partial charge in [-0.15, -0.1) is 0 Å². The lowest BCUT2D eigenvalue weighted by molar-refractivity contribution is -0.132. The van der Waals surface area contributed by atoms with Gasteiger partial charge in [-0.3, -0.25) is 14.4 Å². The van der Waals surface area contributed by atoms with E-state index in [-0.39, 0.29) is 24.1 Å². The second-order valence-corrected chi connectivity index (χ2v) is 12.7. The predicted octanol–water partition coefficient (Wildman–Crippen LogP) is 4.84. The van der Waals surface area contributed by atoms with Crippen molar-refractivity contribution < 1.29 is 14.4 Å². The van der Waals surface area contributed by atoms with E-state index < -0.39 is 17.7 Å². The molecular weight excluding hydrogens is 552 g/mol. The highest BCUT2D eigenvalue weighted by Gasteiger charge is 2.32. The first-order valence-electron chi connectivity index (χ1n) is 15.9. The number of hydrogen-bond donors (Lipinski definition) is 6. The van der Waals surface area contributed by atoms with E-state index in [2.05, 4.69) is 31.2 Å². The van der Waals surface area contributed by atoms with Crippen LogP contribution in [0.15, 0.2) is 60.9 Å². The van der Waals surface area contributed by atoms with Crippen LogP contribution in [-0.2, 0) is 27.2 Å². The SMILES string of the molecule is CNC(C)(C)C(=O)N[C@H](Cc1c[nH]c2ccccc12)C(=O)N[C@H](Cc1c[nH]c2ccccc12)NC(=O)CCC1CCCCC1. The number of H-pyrrole nitrogens is 2. The van der Waals surface area contributed by atoms with Crippen molar-refractivity contribution in [3.8, 4) is 0 Å². The van der Waals surface area contributed by atoms with Gasteiger partial charge in [-0.1, -0.05) is 68.5 Å². The summed E-state index contributed by atoms with van der Waals surface area (Å²) in [7, 11) is 1.72. The zero-order valence-corrected chi connectivity index (χ0v) is 26.1. The van der Waals surface area contributed by atoms with E-state index in [1.807, 2.05) is 60.9 Å². The standard InChI is InChI=1S/C35H46N6O3/c1-35(2,36-3)34(44)39-30(19-24-21-37-28-15-9-7-13-26(24)28)33(43)41-31(20-25-22-38-29-16-10-8-14-27(25)29)40-32(42)18-17-23-11-5-4-6-12-23/h7-10,13-16,21-23,30-31,36-38H,4-6,11-12,17-20H2,1-3H3,(H,39,44)(H,40,42)(H,41,43)/t30-,31-/m1/s1. The number of carbonyl (C=O) groups is 3. The highest BCUT2D eigenvalue weighted by molar-refractivity contribution is 5.93. The van der Waals surface area contributed by atoms with Gasteiger partial charge >= 0.3 is 0 Å². The lowest BCUT2D eigenvalue weighted by atomic mass is 9.86. The van der Waals surface area contributed by atoms with E-state index in [0.29, 0.717) is 18.8 Å². The number of hydrogen-bond acceptors (Lipinski definition) is 4. The quantitative estimate of drug-likeness (QED) is 0.123. The molecule has 0 bridgehead atoms. The van der Waals surface area contributed by atoms with Crippen molar-refractivity contribution in [2.24, 2.45) is 5.92 Å². The van der Waals surface area contributed by atoms with Crippen LogP contribution in [0.2, 0.25) is 0 Å². The summed E-state index contributed by atoms with van der Waals surface area (Å²) in [6.07, 6.45) is 11.3. The summed E-state index contributed by atoms with van der Waals surface area (Å²) in [6, 6.07) is 15.0. The highest BCUT2D eigenvalue weighted by atomic mass is 16.2. The summed E-state index contributed by atoms with van der Waals surface area (Å²) < 4.78 is 0. The summed E-state index contributed by atoms with van der Waals surface area (Å²) in [5, 5.41) is 14.2. The maximum absolute atomic E-state index is 14.0. The van der Waals surface area contributed by atoms with Crippen LogP contribution in [-0.4, -0.2) is 52.5 Å². The first-order valence-corrected chi connectivity index (χ1v) is 15.9. The molecule has 0 spiro atoms. The molecule has 6 N–H and O–H groups in total. The zero-order valence-electron chi connectivity index (χ0n) is 26.1. The van der Waals surface area contributed by atoms with Crippen LogP contribution in [0.3, 0.4) is 0 Å². The number of fused-ring (bicyclic) bond motifs is 2. The number of carbonyl (C=O) groups excluding carboxylic acids is 3. The van der Waals surface area contributed by atoms with Crippen LogP contribution < -0.4 is 21.3 Å². The van der Waals surface area contributed by atoms with E-state index in [0.717, 1.165) is 39.4 Å². The third-order valence-corrected chi connectivity index (χ3v) is 9.17. The Balaban J connectivity index is 1.36. The Hall–Kier alpha value is -4.11. The number of amides is 3. The Morgan fingerprint density at radius 3 is 2.02 bits per heavy atom. The van der Waals surface area contributed by atoms with Crippen LogP contribution in [0.1, 0.15) is 69.9 Å². The molecule has 1 aliphatic rings. The lowest BCUT2D eigenvalue weighted by Crippen LogP contribution is -2.60. The van der Waals surface area contributed by atoms with E-state index in [1.54, 1.807) is 20.9 Å². The first-order chi connectivity index (χ1) is 21.2. The van der Waals surface area contributed by atoms with E-state index >= 15 is 0 Å². The lowest BCUT2D eigenvalue weighted by Gasteiger charge is -2.28. The molecule has 2 aromatic heterocycles. The van der Waals surface area contributed by atoms with Crippen LogP contribution in [0.25, 0.3) is 21.8 Å². The minimum atomic E-state index is -0.879. The topological polar surface area (TPSA) is 131 Å². The van der Waals surface area contributed by atoms with E-state index in [4.69, 9.17) is 0 Å². The number of likely N-dealkylation sites (N-methyl/N-ethyl adjacent to an activating group) is 1. The van der Waals surface area contributed by atoms with Gasteiger partial charge in [0.15, 0.2) is 0 Å². The van der Waals surface area contributed by atoms with E-state index in [9.17, 15) is 14.4 Å². The molecule has 2 atom stereocenters. The molecule has 2 heterocycles. The molecule has 1 fully saturated rings. The van der Waals surface area contributed by atoms with Crippen molar-refractivity contribution >= 4 is 39.5 Å². The smallest absolute Gasteiger partial charge is 0.244 e. The minimum Gasteiger partial charge on any atom is -0.361 e. The van der Waals surface area contributed by atoms with Gasteiger partial charge in [0.05, 0.1) is 5.54 Å². The Kier molecular flexibility index (Phi) is 10.0. The van der Waals surface area contributed by atoms with Crippen LogP contribution in [0.5, 0.6) is 0 Å². The third-order valence-electron chi connectivity index (χ3n) is 9.17. The second kappa shape index (κ2) is 14.1. The first kappa shape index (κ1) is 31.3. The predicted molar refractivity (Wildman–Crippen MR) is 175 cm³/mol. The average molecular weight is 599 g/mol. The van der Waals surface area contributed by atoms with Crippen molar-refractivity contribution in [1.29, 1.82) is 0 Å². The average Bonchev–Trinajstić information content (AvgIpc) is 3.64. The van der Waals surface area contributed by atoms with Crippen LogP contribution in [0, 0.1) is 5.92 Å². The third kappa shape index (κ3) is 7.69. The Bertz CT molecular complexity index is 1580. The Morgan fingerprint density at radius 1 is 0.818 bits per heavy atom. The molecule has 0 unspecified atom stereocenters. The molecule has 5 rings (SSSR count). The molecule has 4 aromatic rings. The zero-order chi connectivity index (χ0) is 31.1. The second-order valence-electron chi connectivity index (χ2n) is 12.7. The molecule has 3 amide bonds. The summed E-state index contributed by atoms with van der Waals surface area (Å²) in [6.45, 7) is 3.55. The monoisotopic (exact) mass is 598 g/mol. The largest absolute Gasteiger partial charge is 0.361 e.